The minimum absolute atomic E-state index is 0.192. The van der Waals surface area contributed by atoms with Gasteiger partial charge in [0.05, 0.1) is 7.11 Å². The van der Waals surface area contributed by atoms with Crippen LogP contribution < -0.4 is 4.74 Å². The molecule has 1 heterocycles. The van der Waals surface area contributed by atoms with Crippen molar-refractivity contribution in [2.45, 2.75) is 6.10 Å². The van der Waals surface area contributed by atoms with Crippen molar-refractivity contribution in [1.29, 1.82) is 0 Å². The molecule has 1 unspecified atom stereocenters. The first-order chi connectivity index (χ1) is 11.2. The summed E-state index contributed by atoms with van der Waals surface area (Å²) in [7, 11) is 1.47. The molecular weight excluding hydrogens is 293 g/mol. The predicted molar refractivity (Wildman–Crippen MR) is 86.7 cm³/mol. The van der Waals surface area contributed by atoms with Crippen LogP contribution in [0.3, 0.4) is 0 Å². The van der Waals surface area contributed by atoms with Gasteiger partial charge in [0.25, 0.3) is 0 Å². The summed E-state index contributed by atoms with van der Waals surface area (Å²) >= 11 is 0. The van der Waals surface area contributed by atoms with Gasteiger partial charge in [0.15, 0.2) is 0 Å². The van der Waals surface area contributed by atoms with Gasteiger partial charge in [0.2, 0.25) is 5.88 Å². The number of hydrogen-bond donors (Lipinski definition) is 1. The number of halogens is 1. The van der Waals surface area contributed by atoms with Crippen LogP contribution >= 0.6 is 0 Å². The smallest absolute Gasteiger partial charge is 0.219 e. The van der Waals surface area contributed by atoms with Crippen molar-refractivity contribution in [3.8, 4) is 17.0 Å². The molecule has 0 bridgehead atoms. The fraction of sp³-hybridized carbons (Fsp3) is 0.105. The van der Waals surface area contributed by atoms with Crippen LogP contribution in [-0.4, -0.2) is 17.2 Å². The Balaban J connectivity index is 2.08. The summed E-state index contributed by atoms with van der Waals surface area (Å²) in [6.07, 6.45) is 0.522. The zero-order valence-electron chi connectivity index (χ0n) is 12.6. The van der Waals surface area contributed by atoms with E-state index in [4.69, 9.17) is 4.74 Å². The number of benzene rings is 2. The van der Waals surface area contributed by atoms with E-state index in [1.807, 2.05) is 30.3 Å². The topological polar surface area (TPSA) is 42.4 Å². The molecule has 1 aromatic heterocycles. The van der Waals surface area contributed by atoms with E-state index in [0.29, 0.717) is 5.56 Å². The van der Waals surface area contributed by atoms with Gasteiger partial charge in [-0.1, -0.05) is 48.5 Å². The lowest BCUT2D eigenvalue weighted by atomic mass is 9.98. The molecule has 3 nitrogen and oxygen atoms in total. The average Bonchev–Trinajstić information content (AvgIpc) is 2.62. The van der Waals surface area contributed by atoms with E-state index < -0.39 is 11.9 Å². The van der Waals surface area contributed by atoms with Gasteiger partial charge < -0.3 is 9.84 Å². The SMILES string of the molecule is COc1ncc(-c2ccccc2)cc1C(O)c1ccccc1F. The van der Waals surface area contributed by atoms with Crippen LogP contribution in [0.25, 0.3) is 11.1 Å². The normalized spacial score (nSPS) is 12.0. The number of pyridine rings is 1. The van der Waals surface area contributed by atoms with Gasteiger partial charge in [-0.3, -0.25) is 0 Å². The maximum Gasteiger partial charge on any atom is 0.219 e. The zero-order valence-corrected chi connectivity index (χ0v) is 12.6. The van der Waals surface area contributed by atoms with Crippen molar-refractivity contribution in [2.75, 3.05) is 7.11 Å². The highest BCUT2D eigenvalue weighted by atomic mass is 19.1. The van der Waals surface area contributed by atoms with Crippen LogP contribution in [0.4, 0.5) is 4.39 Å². The molecule has 3 aromatic rings. The van der Waals surface area contributed by atoms with Crippen LogP contribution in [-0.2, 0) is 0 Å². The molecule has 0 saturated carbocycles. The number of aromatic nitrogens is 1. The van der Waals surface area contributed by atoms with E-state index in [1.54, 1.807) is 30.5 Å². The molecule has 0 saturated heterocycles. The second-order valence-electron chi connectivity index (χ2n) is 5.11. The number of nitrogens with zero attached hydrogens (tertiary/aromatic N) is 1. The second-order valence-corrected chi connectivity index (χ2v) is 5.11. The molecule has 116 valence electrons. The number of aliphatic hydroxyl groups excluding tert-OH is 1. The van der Waals surface area contributed by atoms with Crippen molar-refractivity contribution in [2.24, 2.45) is 0 Å². The molecule has 3 rings (SSSR count). The van der Waals surface area contributed by atoms with E-state index in [-0.39, 0.29) is 11.4 Å². The molecule has 0 radical (unpaired) electrons. The molecular formula is C19H16FNO2. The van der Waals surface area contributed by atoms with E-state index in [0.717, 1.165) is 11.1 Å². The van der Waals surface area contributed by atoms with Gasteiger partial charge in [0, 0.05) is 22.9 Å². The maximum atomic E-state index is 14.0. The zero-order chi connectivity index (χ0) is 16.2. The minimum atomic E-state index is -1.15. The number of methoxy groups -OCH3 is 1. The Morgan fingerprint density at radius 3 is 2.35 bits per heavy atom. The third-order valence-corrected chi connectivity index (χ3v) is 3.67. The first-order valence-corrected chi connectivity index (χ1v) is 7.22. The fourth-order valence-electron chi connectivity index (χ4n) is 2.49. The van der Waals surface area contributed by atoms with Crippen LogP contribution in [0.15, 0.2) is 66.9 Å². The largest absolute Gasteiger partial charge is 0.481 e. The Bertz CT molecular complexity index is 805. The highest BCUT2D eigenvalue weighted by molar-refractivity contribution is 5.64. The highest BCUT2D eigenvalue weighted by Gasteiger charge is 2.20. The summed E-state index contributed by atoms with van der Waals surface area (Å²) in [6.45, 7) is 0. The Morgan fingerprint density at radius 1 is 0.957 bits per heavy atom. The number of aliphatic hydroxyl groups is 1. The van der Waals surface area contributed by atoms with Gasteiger partial charge in [-0.15, -0.1) is 0 Å². The van der Waals surface area contributed by atoms with Crippen molar-refractivity contribution < 1.29 is 14.2 Å². The first-order valence-electron chi connectivity index (χ1n) is 7.22. The molecule has 0 aliphatic rings. The molecule has 2 aromatic carbocycles. The molecule has 0 aliphatic carbocycles. The van der Waals surface area contributed by atoms with Crippen LogP contribution in [0, 0.1) is 5.82 Å². The van der Waals surface area contributed by atoms with E-state index in [9.17, 15) is 9.50 Å². The van der Waals surface area contributed by atoms with Gasteiger partial charge in [0.1, 0.15) is 11.9 Å². The van der Waals surface area contributed by atoms with Crippen LogP contribution in [0.2, 0.25) is 0 Å². The lowest BCUT2D eigenvalue weighted by Crippen LogP contribution is -2.06. The third-order valence-electron chi connectivity index (χ3n) is 3.67. The second kappa shape index (κ2) is 6.58. The molecule has 0 fully saturated rings. The quantitative estimate of drug-likeness (QED) is 0.792. The van der Waals surface area contributed by atoms with Crippen molar-refractivity contribution in [3.05, 3.63) is 83.8 Å². The molecule has 0 amide bonds. The van der Waals surface area contributed by atoms with Crippen molar-refractivity contribution >= 4 is 0 Å². The minimum Gasteiger partial charge on any atom is -0.481 e. The summed E-state index contributed by atoms with van der Waals surface area (Å²) in [6, 6.07) is 17.6. The Kier molecular flexibility index (Phi) is 4.35. The lowest BCUT2D eigenvalue weighted by Gasteiger charge is -2.16. The van der Waals surface area contributed by atoms with Crippen molar-refractivity contribution in [1.82, 2.24) is 4.98 Å². The van der Waals surface area contributed by atoms with Gasteiger partial charge >= 0.3 is 0 Å². The third kappa shape index (κ3) is 3.07. The van der Waals surface area contributed by atoms with Crippen LogP contribution in [0.1, 0.15) is 17.2 Å². The van der Waals surface area contributed by atoms with Crippen LogP contribution in [0.5, 0.6) is 5.88 Å². The monoisotopic (exact) mass is 309 g/mol. The lowest BCUT2D eigenvalue weighted by molar-refractivity contribution is 0.208. The number of rotatable bonds is 4. The number of ether oxygens (including phenoxy) is 1. The summed E-state index contributed by atoms with van der Waals surface area (Å²) in [5.41, 5.74) is 2.41. The predicted octanol–water partition coefficient (Wildman–Crippen LogP) is 3.98. The summed E-state index contributed by atoms with van der Waals surface area (Å²) < 4.78 is 19.2. The maximum absolute atomic E-state index is 14.0. The van der Waals surface area contributed by atoms with Gasteiger partial charge in [-0.05, 0) is 17.7 Å². The molecule has 0 spiro atoms. The number of hydrogen-bond acceptors (Lipinski definition) is 3. The summed E-state index contributed by atoms with van der Waals surface area (Å²) in [5, 5.41) is 10.6. The Morgan fingerprint density at radius 2 is 1.65 bits per heavy atom. The van der Waals surface area contributed by atoms with E-state index in [2.05, 4.69) is 4.98 Å². The first kappa shape index (κ1) is 15.2. The fourth-order valence-corrected chi connectivity index (χ4v) is 2.49. The molecule has 0 aliphatic heterocycles. The highest BCUT2D eigenvalue weighted by Crippen LogP contribution is 2.32. The molecule has 4 heteroatoms. The van der Waals surface area contributed by atoms with Gasteiger partial charge in [-0.25, -0.2) is 9.37 Å². The van der Waals surface area contributed by atoms with E-state index in [1.165, 1.54) is 13.2 Å². The average molecular weight is 309 g/mol. The van der Waals surface area contributed by atoms with E-state index >= 15 is 0 Å². The Hall–Kier alpha value is -2.72. The molecule has 1 N–H and O–H groups in total. The standard InChI is InChI=1S/C19H16FNO2/c1-23-19-16(18(22)15-9-5-6-10-17(15)20)11-14(12-21-19)13-7-3-2-4-8-13/h2-12,18,22H,1H3. The Labute approximate surface area is 134 Å². The summed E-state index contributed by atoms with van der Waals surface area (Å²) in [4.78, 5) is 4.25. The van der Waals surface area contributed by atoms with Crippen molar-refractivity contribution in [3.63, 3.8) is 0 Å². The molecule has 23 heavy (non-hydrogen) atoms. The molecule has 1 atom stereocenters. The summed E-state index contributed by atoms with van der Waals surface area (Å²) in [5.74, 6) is -0.187. The van der Waals surface area contributed by atoms with Gasteiger partial charge in [-0.2, -0.15) is 0 Å².